The summed E-state index contributed by atoms with van der Waals surface area (Å²) in [6.07, 6.45) is 0.197. The Labute approximate surface area is 187 Å². The van der Waals surface area contributed by atoms with Gasteiger partial charge in [0.1, 0.15) is 5.69 Å². The Morgan fingerprint density at radius 2 is 2.06 bits per heavy atom. The molecule has 3 aromatic rings. The number of aromatic amines is 1. The predicted molar refractivity (Wildman–Crippen MR) is 117 cm³/mol. The number of hydrogen-bond donors (Lipinski definition) is 2. The van der Waals surface area contributed by atoms with Crippen LogP contribution in [0, 0.1) is 5.92 Å². The van der Waals surface area contributed by atoms with Gasteiger partial charge in [-0.15, -0.1) is 0 Å². The topological polar surface area (TPSA) is 99.2 Å². The summed E-state index contributed by atoms with van der Waals surface area (Å²) in [4.78, 5) is 33.1. The van der Waals surface area contributed by atoms with Crippen molar-refractivity contribution in [3.63, 3.8) is 0 Å². The maximum Gasteiger partial charge on any atom is 0.417 e. The number of carbonyl (C=O) groups excluding carboxylic acids is 1. The molecule has 4 rings (SSSR count). The van der Waals surface area contributed by atoms with Gasteiger partial charge in [0.25, 0.3) is 5.56 Å². The number of carbonyl (C=O) groups is 1. The monoisotopic (exact) mass is 463 g/mol. The largest absolute Gasteiger partial charge is 0.417 e. The fraction of sp³-hybridized carbons (Fsp3) is 0.429. The van der Waals surface area contributed by atoms with Crippen LogP contribution in [0.25, 0.3) is 11.0 Å². The molecular formula is C21H24F3N7O2. The molecule has 4 heterocycles. The molecule has 33 heavy (non-hydrogen) atoms. The molecule has 9 nitrogen and oxygen atoms in total. The lowest BCUT2D eigenvalue weighted by atomic mass is 9.92. The summed E-state index contributed by atoms with van der Waals surface area (Å²) in [6.45, 7) is 3.34. The van der Waals surface area contributed by atoms with E-state index in [4.69, 9.17) is 0 Å². The second-order valence-corrected chi connectivity index (χ2v) is 8.38. The zero-order valence-electron chi connectivity index (χ0n) is 18.3. The lowest BCUT2D eigenvalue weighted by molar-refractivity contribution is -0.138. The Hall–Kier alpha value is -3.57. The molecule has 12 heteroatoms. The van der Waals surface area contributed by atoms with Crippen LogP contribution in [-0.4, -0.2) is 56.9 Å². The van der Waals surface area contributed by atoms with Gasteiger partial charge in [-0.3, -0.25) is 9.89 Å². The van der Waals surface area contributed by atoms with Gasteiger partial charge in [0.2, 0.25) is 0 Å². The summed E-state index contributed by atoms with van der Waals surface area (Å²) in [6, 6.07) is 1.89. The van der Waals surface area contributed by atoms with Crippen molar-refractivity contribution in [2.24, 2.45) is 13.0 Å². The van der Waals surface area contributed by atoms with Crippen LogP contribution in [0.5, 0.6) is 0 Å². The molecule has 2 amide bonds. The number of alkyl halides is 3. The zero-order chi connectivity index (χ0) is 23.9. The van der Waals surface area contributed by atoms with E-state index >= 15 is 0 Å². The van der Waals surface area contributed by atoms with Crippen molar-refractivity contribution in [3.05, 3.63) is 46.6 Å². The number of halogens is 3. The molecular weight excluding hydrogens is 439 g/mol. The van der Waals surface area contributed by atoms with Gasteiger partial charge in [-0.25, -0.2) is 9.78 Å². The molecule has 3 aromatic heterocycles. The number of nitrogens with one attached hydrogen (secondary N) is 2. The average Bonchev–Trinajstić information content (AvgIpc) is 3.23. The summed E-state index contributed by atoms with van der Waals surface area (Å²) in [5, 5.41) is 10.1. The molecule has 1 aliphatic heterocycles. The van der Waals surface area contributed by atoms with Crippen molar-refractivity contribution in [1.82, 2.24) is 24.6 Å². The number of anilines is 2. The number of aromatic nitrogens is 4. The van der Waals surface area contributed by atoms with Crippen molar-refractivity contribution in [2.45, 2.75) is 25.6 Å². The lowest BCUT2D eigenvalue weighted by Gasteiger charge is -2.42. The van der Waals surface area contributed by atoms with Gasteiger partial charge >= 0.3 is 12.2 Å². The Kier molecular flexibility index (Phi) is 5.76. The number of hydrogen-bond acceptors (Lipinski definition) is 5. The Morgan fingerprint density at radius 1 is 1.30 bits per heavy atom. The minimum atomic E-state index is -4.63. The Balaban J connectivity index is 1.45. The number of nitrogens with zero attached hydrogens (tertiary/aromatic N) is 5. The number of aryl methyl sites for hydroxylation is 1. The predicted octanol–water partition coefficient (Wildman–Crippen LogP) is 3.05. The molecule has 0 aromatic carbocycles. The highest BCUT2D eigenvalue weighted by atomic mass is 19.4. The lowest BCUT2D eigenvalue weighted by Crippen LogP contribution is -2.52. The molecule has 2 N–H and O–H groups in total. The second kappa shape index (κ2) is 8.41. The zero-order valence-corrected chi connectivity index (χ0v) is 18.3. The van der Waals surface area contributed by atoms with Crippen molar-refractivity contribution in [1.29, 1.82) is 0 Å². The normalized spacial score (nSPS) is 19.0. The standard InChI is InChI=1S/C21H24F3N7O2/c1-12-10-31(15-6-13-8-26-28-18(13)25-9-15)5-4-17(12)30(3)20(33)27-16-7-14(21(22,23)24)11-29(2)19(16)32/h6-9,11-12,17H,4-5,10H2,1-3H3,(H,27,33)(H,25,26,28)/t12-,17-/m0/s1. The number of pyridine rings is 2. The summed E-state index contributed by atoms with van der Waals surface area (Å²) >= 11 is 0. The quantitative estimate of drug-likeness (QED) is 0.622. The average molecular weight is 463 g/mol. The highest BCUT2D eigenvalue weighted by molar-refractivity contribution is 5.89. The van der Waals surface area contributed by atoms with Gasteiger partial charge in [0.05, 0.1) is 23.6 Å². The van der Waals surface area contributed by atoms with Crippen molar-refractivity contribution >= 4 is 28.4 Å². The van der Waals surface area contributed by atoms with Crippen LogP contribution in [-0.2, 0) is 13.2 Å². The van der Waals surface area contributed by atoms with Crippen LogP contribution in [0.4, 0.5) is 29.3 Å². The fourth-order valence-corrected chi connectivity index (χ4v) is 4.25. The van der Waals surface area contributed by atoms with Gasteiger partial charge in [-0.05, 0) is 24.5 Å². The SMILES string of the molecule is C[C@H]1CN(c2cnc3[nH]ncc3c2)CC[C@@H]1N(C)C(=O)Nc1cc(C(F)(F)F)cn(C)c1=O. The number of H-pyrrole nitrogens is 1. The third-order valence-electron chi connectivity index (χ3n) is 6.07. The molecule has 1 aliphatic rings. The first-order valence-electron chi connectivity index (χ1n) is 10.4. The minimum Gasteiger partial charge on any atom is -0.370 e. The van der Waals surface area contributed by atoms with E-state index in [1.807, 2.05) is 13.0 Å². The van der Waals surface area contributed by atoms with Gasteiger partial charge in [0.15, 0.2) is 5.65 Å². The van der Waals surface area contributed by atoms with E-state index in [1.54, 1.807) is 19.4 Å². The third kappa shape index (κ3) is 4.50. The van der Waals surface area contributed by atoms with Gasteiger partial charge in [-0.1, -0.05) is 6.92 Å². The maximum atomic E-state index is 13.1. The molecule has 0 aliphatic carbocycles. The molecule has 0 unspecified atom stereocenters. The van der Waals surface area contributed by atoms with E-state index in [2.05, 4.69) is 25.4 Å². The van der Waals surface area contributed by atoms with Gasteiger partial charge < -0.3 is 19.7 Å². The smallest absolute Gasteiger partial charge is 0.370 e. The van der Waals surface area contributed by atoms with Crippen molar-refractivity contribution in [3.8, 4) is 0 Å². The molecule has 0 saturated carbocycles. The summed E-state index contributed by atoms with van der Waals surface area (Å²) in [7, 11) is 2.80. The number of rotatable bonds is 3. The van der Waals surface area contributed by atoms with Crippen LogP contribution in [0.15, 0.2) is 35.5 Å². The maximum absolute atomic E-state index is 13.1. The van der Waals surface area contributed by atoms with Crippen LogP contribution in [0.2, 0.25) is 0 Å². The first-order valence-corrected chi connectivity index (χ1v) is 10.4. The highest BCUT2D eigenvalue weighted by Crippen LogP contribution is 2.30. The molecule has 2 atom stereocenters. The molecule has 1 fully saturated rings. The number of piperidine rings is 1. The van der Waals surface area contributed by atoms with E-state index in [0.29, 0.717) is 37.4 Å². The molecule has 0 spiro atoms. The summed E-state index contributed by atoms with van der Waals surface area (Å²) in [5.74, 6) is 0.0684. The second-order valence-electron chi connectivity index (χ2n) is 8.38. The van der Waals surface area contributed by atoms with Crippen LogP contribution in [0.1, 0.15) is 18.9 Å². The fourth-order valence-electron chi connectivity index (χ4n) is 4.25. The molecule has 176 valence electrons. The van der Waals surface area contributed by atoms with Crippen LogP contribution in [0.3, 0.4) is 0 Å². The van der Waals surface area contributed by atoms with Crippen LogP contribution >= 0.6 is 0 Å². The van der Waals surface area contributed by atoms with E-state index in [9.17, 15) is 22.8 Å². The molecule has 0 bridgehead atoms. The molecule has 1 saturated heterocycles. The van der Waals surface area contributed by atoms with E-state index in [0.717, 1.165) is 15.6 Å². The van der Waals surface area contributed by atoms with Crippen LogP contribution < -0.4 is 15.8 Å². The third-order valence-corrected chi connectivity index (χ3v) is 6.07. The number of amides is 2. The van der Waals surface area contributed by atoms with Gasteiger partial charge in [0, 0.05) is 44.8 Å². The number of urea groups is 1. The van der Waals surface area contributed by atoms with Crippen molar-refractivity contribution < 1.29 is 18.0 Å². The highest BCUT2D eigenvalue weighted by Gasteiger charge is 2.34. The first-order chi connectivity index (χ1) is 15.5. The first kappa shape index (κ1) is 22.6. The van der Waals surface area contributed by atoms with Gasteiger partial charge in [-0.2, -0.15) is 18.3 Å². The molecule has 0 radical (unpaired) electrons. The summed E-state index contributed by atoms with van der Waals surface area (Å²) in [5.41, 5.74) is -0.469. The number of fused-ring (bicyclic) bond motifs is 1. The Morgan fingerprint density at radius 3 is 2.76 bits per heavy atom. The van der Waals surface area contributed by atoms with Crippen molar-refractivity contribution in [2.75, 3.05) is 30.4 Å². The van der Waals surface area contributed by atoms with E-state index < -0.39 is 29.0 Å². The Bertz CT molecular complexity index is 1240. The minimum absolute atomic E-state index is 0.0684. The van der Waals surface area contributed by atoms with E-state index in [1.165, 1.54) is 11.9 Å². The summed E-state index contributed by atoms with van der Waals surface area (Å²) < 4.78 is 40.1. The van der Waals surface area contributed by atoms with E-state index in [-0.39, 0.29) is 12.0 Å².